The van der Waals surface area contributed by atoms with Gasteiger partial charge in [0.05, 0.1) is 17.4 Å². The molecule has 0 aliphatic rings. The Bertz CT molecular complexity index is 518. The maximum absolute atomic E-state index is 12.8. The molecular weight excluding hydrogens is 233 g/mol. The van der Waals surface area contributed by atoms with Gasteiger partial charge in [0.1, 0.15) is 18.0 Å². The molecule has 0 aliphatic carbocycles. The molecule has 0 aliphatic heterocycles. The predicted octanol–water partition coefficient (Wildman–Crippen LogP) is 1.25. The van der Waals surface area contributed by atoms with Crippen molar-refractivity contribution in [2.24, 2.45) is 5.73 Å². The average molecular weight is 249 g/mol. The highest BCUT2D eigenvalue weighted by Gasteiger charge is 2.25. The number of pyridine rings is 1. The summed E-state index contributed by atoms with van der Waals surface area (Å²) in [6.07, 6.45) is 3.18. The molecule has 2 N–H and O–H groups in total. The van der Waals surface area contributed by atoms with Crippen molar-refractivity contribution in [3.63, 3.8) is 0 Å². The Morgan fingerprint density at radius 2 is 2.17 bits per heavy atom. The highest BCUT2D eigenvalue weighted by molar-refractivity contribution is 5.16. The molecule has 2 aromatic heterocycles. The first kappa shape index (κ1) is 12.6. The second kappa shape index (κ2) is 4.81. The fourth-order valence-electron chi connectivity index (χ4n) is 1.82. The van der Waals surface area contributed by atoms with E-state index in [1.54, 1.807) is 10.7 Å². The first-order valence-electron chi connectivity index (χ1n) is 5.80. The zero-order valence-corrected chi connectivity index (χ0v) is 10.5. The SMILES string of the molecule is CCn1ncnc1CC(C)(N)c1ccc(F)cn1. The summed E-state index contributed by atoms with van der Waals surface area (Å²) in [5.74, 6) is 0.430. The summed E-state index contributed by atoms with van der Waals surface area (Å²) in [7, 11) is 0. The predicted molar refractivity (Wildman–Crippen MR) is 65.1 cm³/mol. The van der Waals surface area contributed by atoms with Crippen molar-refractivity contribution in [2.75, 3.05) is 0 Å². The van der Waals surface area contributed by atoms with Gasteiger partial charge in [-0.2, -0.15) is 5.10 Å². The van der Waals surface area contributed by atoms with Crippen LogP contribution < -0.4 is 5.73 Å². The van der Waals surface area contributed by atoms with Crippen LogP contribution in [0.4, 0.5) is 4.39 Å². The van der Waals surface area contributed by atoms with E-state index in [4.69, 9.17) is 5.73 Å². The van der Waals surface area contributed by atoms with Crippen LogP contribution in [0.1, 0.15) is 25.4 Å². The average Bonchev–Trinajstić information content (AvgIpc) is 2.76. The molecule has 0 spiro atoms. The molecule has 0 bridgehead atoms. The number of aryl methyl sites for hydroxylation is 1. The van der Waals surface area contributed by atoms with Crippen LogP contribution in [0.3, 0.4) is 0 Å². The van der Waals surface area contributed by atoms with E-state index < -0.39 is 5.54 Å². The van der Waals surface area contributed by atoms with Crippen LogP contribution >= 0.6 is 0 Å². The van der Waals surface area contributed by atoms with Crippen molar-refractivity contribution in [3.05, 3.63) is 42.0 Å². The Balaban J connectivity index is 2.23. The lowest BCUT2D eigenvalue weighted by Crippen LogP contribution is -2.37. The molecule has 0 saturated carbocycles. The minimum atomic E-state index is -0.701. The molecular formula is C12H16FN5. The van der Waals surface area contributed by atoms with Gasteiger partial charge in [0, 0.05) is 13.0 Å². The van der Waals surface area contributed by atoms with E-state index in [-0.39, 0.29) is 5.82 Å². The van der Waals surface area contributed by atoms with Gasteiger partial charge < -0.3 is 5.73 Å². The van der Waals surface area contributed by atoms with Gasteiger partial charge in [-0.15, -0.1) is 0 Å². The molecule has 96 valence electrons. The van der Waals surface area contributed by atoms with Crippen molar-refractivity contribution in [3.8, 4) is 0 Å². The van der Waals surface area contributed by atoms with E-state index in [1.165, 1.54) is 18.6 Å². The molecule has 0 aromatic carbocycles. The molecule has 1 unspecified atom stereocenters. The standard InChI is InChI=1S/C12H16FN5/c1-3-18-11(16-8-17-18)6-12(2,14)10-5-4-9(13)7-15-10/h4-5,7-8H,3,6,14H2,1-2H3. The quantitative estimate of drug-likeness (QED) is 0.885. The molecule has 2 rings (SSSR count). The van der Waals surface area contributed by atoms with E-state index in [1.807, 2.05) is 13.8 Å². The maximum atomic E-state index is 12.8. The normalized spacial score (nSPS) is 14.4. The molecule has 0 amide bonds. The zero-order valence-electron chi connectivity index (χ0n) is 10.5. The van der Waals surface area contributed by atoms with E-state index in [0.29, 0.717) is 12.1 Å². The van der Waals surface area contributed by atoms with E-state index in [0.717, 1.165) is 12.4 Å². The second-order valence-corrected chi connectivity index (χ2v) is 4.45. The van der Waals surface area contributed by atoms with Crippen LogP contribution in [0, 0.1) is 5.82 Å². The Morgan fingerprint density at radius 1 is 1.39 bits per heavy atom. The lowest BCUT2D eigenvalue weighted by molar-refractivity contribution is 0.443. The van der Waals surface area contributed by atoms with Crippen molar-refractivity contribution < 1.29 is 4.39 Å². The highest BCUT2D eigenvalue weighted by Crippen LogP contribution is 2.20. The smallest absolute Gasteiger partial charge is 0.141 e. The Kier molecular flexibility index (Phi) is 3.38. The van der Waals surface area contributed by atoms with Crippen LogP contribution in [0.25, 0.3) is 0 Å². The van der Waals surface area contributed by atoms with E-state index in [9.17, 15) is 4.39 Å². The lowest BCUT2D eigenvalue weighted by atomic mass is 9.94. The Labute approximate surface area is 105 Å². The van der Waals surface area contributed by atoms with E-state index >= 15 is 0 Å². The summed E-state index contributed by atoms with van der Waals surface area (Å²) in [5.41, 5.74) is 6.17. The number of hydrogen-bond acceptors (Lipinski definition) is 4. The van der Waals surface area contributed by atoms with Crippen LogP contribution in [0.5, 0.6) is 0 Å². The summed E-state index contributed by atoms with van der Waals surface area (Å²) < 4.78 is 14.6. The van der Waals surface area contributed by atoms with Gasteiger partial charge in [0.15, 0.2) is 0 Å². The number of halogens is 1. The van der Waals surface area contributed by atoms with Gasteiger partial charge >= 0.3 is 0 Å². The van der Waals surface area contributed by atoms with Gasteiger partial charge in [-0.3, -0.25) is 9.67 Å². The number of aromatic nitrogens is 4. The molecule has 0 saturated heterocycles. The third-order valence-corrected chi connectivity index (χ3v) is 2.83. The van der Waals surface area contributed by atoms with Crippen molar-refractivity contribution in [1.29, 1.82) is 0 Å². The first-order chi connectivity index (χ1) is 8.53. The van der Waals surface area contributed by atoms with Gasteiger partial charge in [0.25, 0.3) is 0 Å². The van der Waals surface area contributed by atoms with Crippen LogP contribution in [0.2, 0.25) is 0 Å². The van der Waals surface area contributed by atoms with Crippen molar-refractivity contribution in [1.82, 2.24) is 19.7 Å². The topological polar surface area (TPSA) is 69.6 Å². The van der Waals surface area contributed by atoms with Gasteiger partial charge in [-0.05, 0) is 26.0 Å². The van der Waals surface area contributed by atoms with Gasteiger partial charge in [0.2, 0.25) is 0 Å². The van der Waals surface area contributed by atoms with Gasteiger partial charge in [-0.25, -0.2) is 9.37 Å². The number of hydrogen-bond donors (Lipinski definition) is 1. The van der Waals surface area contributed by atoms with Crippen LogP contribution in [-0.2, 0) is 18.5 Å². The minimum absolute atomic E-state index is 0.369. The van der Waals surface area contributed by atoms with Crippen molar-refractivity contribution in [2.45, 2.75) is 32.4 Å². The molecule has 2 aromatic rings. The highest BCUT2D eigenvalue weighted by atomic mass is 19.1. The van der Waals surface area contributed by atoms with Gasteiger partial charge in [-0.1, -0.05) is 0 Å². The fourth-order valence-corrected chi connectivity index (χ4v) is 1.82. The summed E-state index contributed by atoms with van der Waals surface area (Å²) >= 11 is 0. The second-order valence-electron chi connectivity index (χ2n) is 4.45. The monoisotopic (exact) mass is 249 g/mol. The third-order valence-electron chi connectivity index (χ3n) is 2.83. The molecule has 2 heterocycles. The lowest BCUT2D eigenvalue weighted by Gasteiger charge is -2.23. The summed E-state index contributed by atoms with van der Waals surface area (Å²) in [6, 6.07) is 2.96. The third kappa shape index (κ3) is 2.53. The zero-order chi connectivity index (χ0) is 13.2. The van der Waals surface area contributed by atoms with Crippen LogP contribution in [0.15, 0.2) is 24.7 Å². The minimum Gasteiger partial charge on any atom is -0.320 e. The molecule has 0 fully saturated rings. The summed E-state index contributed by atoms with van der Waals surface area (Å²) in [5, 5.41) is 4.10. The molecule has 5 nitrogen and oxygen atoms in total. The fraction of sp³-hybridized carbons (Fsp3) is 0.417. The number of rotatable bonds is 4. The largest absolute Gasteiger partial charge is 0.320 e. The van der Waals surface area contributed by atoms with E-state index in [2.05, 4.69) is 15.1 Å². The van der Waals surface area contributed by atoms with Crippen LogP contribution in [-0.4, -0.2) is 19.7 Å². The Morgan fingerprint density at radius 3 is 2.78 bits per heavy atom. The van der Waals surface area contributed by atoms with Crippen molar-refractivity contribution >= 4 is 0 Å². The summed E-state index contributed by atoms with van der Waals surface area (Å²) in [4.78, 5) is 8.21. The number of nitrogens with zero attached hydrogens (tertiary/aromatic N) is 4. The summed E-state index contributed by atoms with van der Waals surface area (Å²) in [6.45, 7) is 4.58. The number of nitrogens with two attached hydrogens (primary N) is 1. The molecule has 0 radical (unpaired) electrons. The first-order valence-corrected chi connectivity index (χ1v) is 5.80. The molecule has 18 heavy (non-hydrogen) atoms. The molecule has 6 heteroatoms. The molecule has 1 atom stereocenters. The maximum Gasteiger partial charge on any atom is 0.141 e. The Hall–Kier alpha value is -1.82.